The lowest BCUT2D eigenvalue weighted by molar-refractivity contribution is 0.312. The Labute approximate surface area is 95.6 Å². The van der Waals surface area contributed by atoms with E-state index in [4.69, 9.17) is 10.5 Å². The van der Waals surface area contributed by atoms with Crippen LogP contribution in [-0.4, -0.2) is 27.6 Å². The lowest BCUT2D eigenvalue weighted by Crippen LogP contribution is -2.23. The molecule has 0 bridgehead atoms. The Kier molecular flexibility index (Phi) is 4.28. The van der Waals surface area contributed by atoms with Crippen molar-refractivity contribution in [3.8, 4) is 6.01 Å². The van der Waals surface area contributed by atoms with Crippen LogP contribution in [-0.2, 0) is 0 Å². The molecule has 0 spiro atoms. The second kappa shape index (κ2) is 5.48. The SMILES string of the molecule is CCOc1nc(N)nc(NC(C)C(C)C)n1. The lowest BCUT2D eigenvalue weighted by atomic mass is 10.1. The number of nitrogens with one attached hydrogen (secondary N) is 1. The molecule has 6 nitrogen and oxygen atoms in total. The summed E-state index contributed by atoms with van der Waals surface area (Å²) in [5, 5.41) is 3.16. The fourth-order valence-electron chi connectivity index (χ4n) is 1.00. The number of aromatic nitrogens is 3. The van der Waals surface area contributed by atoms with Crippen molar-refractivity contribution in [2.24, 2.45) is 5.92 Å². The second-order valence-corrected chi connectivity index (χ2v) is 3.91. The molecule has 0 aromatic carbocycles. The van der Waals surface area contributed by atoms with Crippen LogP contribution >= 0.6 is 0 Å². The third-order valence-electron chi connectivity index (χ3n) is 2.26. The molecule has 1 rings (SSSR count). The van der Waals surface area contributed by atoms with Crippen molar-refractivity contribution in [1.82, 2.24) is 15.0 Å². The minimum Gasteiger partial charge on any atom is -0.464 e. The lowest BCUT2D eigenvalue weighted by Gasteiger charge is -2.17. The summed E-state index contributed by atoms with van der Waals surface area (Å²) in [6.07, 6.45) is 0. The second-order valence-electron chi connectivity index (χ2n) is 3.91. The monoisotopic (exact) mass is 225 g/mol. The Balaban J connectivity index is 2.79. The number of rotatable bonds is 5. The molecule has 1 heterocycles. The van der Waals surface area contributed by atoms with Gasteiger partial charge in [-0.15, -0.1) is 0 Å². The zero-order valence-corrected chi connectivity index (χ0v) is 10.2. The van der Waals surface area contributed by atoms with Crippen LogP contribution in [0.25, 0.3) is 0 Å². The van der Waals surface area contributed by atoms with E-state index in [-0.39, 0.29) is 18.0 Å². The van der Waals surface area contributed by atoms with Gasteiger partial charge in [0.1, 0.15) is 0 Å². The van der Waals surface area contributed by atoms with Gasteiger partial charge in [-0.3, -0.25) is 0 Å². The molecule has 0 saturated carbocycles. The highest BCUT2D eigenvalue weighted by molar-refractivity contribution is 5.33. The van der Waals surface area contributed by atoms with Crippen LogP contribution in [0, 0.1) is 5.92 Å². The van der Waals surface area contributed by atoms with Crippen LogP contribution in [0.3, 0.4) is 0 Å². The van der Waals surface area contributed by atoms with Crippen molar-refractivity contribution >= 4 is 11.9 Å². The topological polar surface area (TPSA) is 86.0 Å². The third kappa shape index (κ3) is 3.52. The number of nitrogens with two attached hydrogens (primary N) is 1. The number of anilines is 2. The summed E-state index contributed by atoms with van der Waals surface area (Å²) < 4.78 is 5.19. The predicted molar refractivity (Wildman–Crippen MR) is 63.3 cm³/mol. The first-order valence-electron chi connectivity index (χ1n) is 5.43. The van der Waals surface area contributed by atoms with Crippen LogP contribution in [0.4, 0.5) is 11.9 Å². The van der Waals surface area contributed by atoms with Crippen LogP contribution in [0.15, 0.2) is 0 Å². The molecule has 1 aromatic rings. The molecule has 0 amide bonds. The molecule has 6 heteroatoms. The molecule has 0 aliphatic heterocycles. The molecule has 16 heavy (non-hydrogen) atoms. The normalized spacial score (nSPS) is 12.6. The summed E-state index contributed by atoms with van der Waals surface area (Å²) in [6, 6.07) is 0.518. The van der Waals surface area contributed by atoms with Crippen LogP contribution in [0.2, 0.25) is 0 Å². The maximum Gasteiger partial charge on any atom is 0.323 e. The summed E-state index contributed by atoms with van der Waals surface area (Å²) in [7, 11) is 0. The van der Waals surface area contributed by atoms with Crippen LogP contribution < -0.4 is 15.8 Å². The Morgan fingerprint density at radius 2 is 1.94 bits per heavy atom. The summed E-state index contributed by atoms with van der Waals surface area (Å²) in [5.41, 5.74) is 5.56. The smallest absolute Gasteiger partial charge is 0.323 e. The van der Waals surface area contributed by atoms with Gasteiger partial charge >= 0.3 is 6.01 Å². The molecular formula is C10H19N5O. The molecule has 1 aromatic heterocycles. The van der Waals surface area contributed by atoms with Gasteiger partial charge < -0.3 is 15.8 Å². The van der Waals surface area contributed by atoms with Crippen molar-refractivity contribution in [3.63, 3.8) is 0 Å². The summed E-state index contributed by atoms with van der Waals surface area (Å²) in [6.45, 7) is 8.66. The maximum absolute atomic E-state index is 5.56. The zero-order valence-electron chi connectivity index (χ0n) is 10.2. The summed E-state index contributed by atoms with van der Waals surface area (Å²) in [5.74, 6) is 1.10. The van der Waals surface area contributed by atoms with Crippen molar-refractivity contribution in [2.45, 2.75) is 33.7 Å². The quantitative estimate of drug-likeness (QED) is 0.785. The first-order valence-corrected chi connectivity index (χ1v) is 5.43. The molecule has 90 valence electrons. The van der Waals surface area contributed by atoms with Gasteiger partial charge in [0.2, 0.25) is 11.9 Å². The first-order chi connectivity index (χ1) is 7.52. The first kappa shape index (κ1) is 12.5. The maximum atomic E-state index is 5.56. The van der Waals surface area contributed by atoms with Crippen LogP contribution in [0.5, 0.6) is 6.01 Å². The van der Waals surface area contributed by atoms with E-state index in [1.54, 1.807) is 0 Å². The average molecular weight is 225 g/mol. The van der Waals surface area contributed by atoms with Crippen molar-refractivity contribution < 1.29 is 4.74 Å². The summed E-state index contributed by atoms with van der Waals surface area (Å²) >= 11 is 0. The van der Waals surface area contributed by atoms with E-state index in [9.17, 15) is 0 Å². The highest BCUT2D eigenvalue weighted by atomic mass is 16.5. The highest BCUT2D eigenvalue weighted by Crippen LogP contribution is 2.12. The molecule has 0 aliphatic carbocycles. The van der Waals surface area contributed by atoms with Crippen molar-refractivity contribution in [2.75, 3.05) is 17.7 Å². The Morgan fingerprint density at radius 3 is 2.50 bits per heavy atom. The van der Waals surface area contributed by atoms with E-state index in [1.165, 1.54) is 0 Å². The third-order valence-corrected chi connectivity index (χ3v) is 2.26. The van der Waals surface area contributed by atoms with E-state index in [0.29, 0.717) is 18.5 Å². The van der Waals surface area contributed by atoms with Gasteiger partial charge in [-0.25, -0.2) is 0 Å². The molecule has 0 saturated heterocycles. The summed E-state index contributed by atoms with van der Waals surface area (Å²) in [4.78, 5) is 12.0. The van der Waals surface area contributed by atoms with Gasteiger partial charge in [-0.05, 0) is 19.8 Å². The van der Waals surface area contributed by atoms with E-state index >= 15 is 0 Å². The van der Waals surface area contributed by atoms with E-state index in [2.05, 4.69) is 41.0 Å². The molecule has 0 radical (unpaired) electrons. The van der Waals surface area contributed by atoms with Crippen molar-refractivity contribution in [3.05, 3.63) is 0 Å². The molecule has 1 unspecified atom stereocenters. The molecular weight excluding hydrogens is 206 g/mol. The van der Waals surface area contributed by atoms with E-state index < -0.39 is 0 Å². The number of ether oxygens (including phenoxy) is 1. The molecule has 1 atom stereocenters. The van der Waals surface area contributed by atoms with Gasteiger partial charge in [0.05, 0.1) is 6.61 Å². The fourth-order valence-corrected chi connectivity index (χ4v) is 1.00. The number of hydrogen-bond donors (Lipinski definition) is 2. The zero-order chi connectivity index (χ0) is 12.1. The Hall–Kier alpha value is -1.59. The predicted octanol–water partition coefficient (Wildman–Crippen LogP) is 1.31. The van der Waals surface area contributed by atoms with E-state index in [1.807, 2.05) is 6.92 Å². The largest absolute Gasteiger partial charge is 0.464 e. The van der Waals surface area contributed by atoms with E-state index in [0.717, 1.165) is 0 Å². The van der Waals surface area contributed by atoms with Gasteiger partial charge in [0.25, 0.3) is 0 Å². The van der Waals surface area contributed by atoms with Gasteiger partial charge in [-0.1, -0.05) is 13.8 Å². The van der Waals surface area contributed by atoms with Gasteiger partial charge in [-0.2, -0.15) is 15.0 Å². The molecule has 0 aliphatic rings. The van der Waals surface area contributed by atoms with Gasteiger partial charge in [0.15, 0.2) is 0 Å². The van der Waals surface area contributed by atoms with Gasteiger partial charge in [0, 0.05) is 6.04 Å². The minimum atomic E-state index is 0.164. The van der Waals surface area contributed by atoms with Crippen molar-refractivity contribution in [1.29, 1.82) is 0 Å². The Morgan fingerprint density at radius 1 is 1.25 bits per heavy atom. The number of hydrogen-bond acceptors (Lipinski definition) is 6. The van der Waals surface area contributed by atoms with Crippen LogP contribution in [0.1, 0.15) is 27.7 Å². The number of nitrogen functional groups attached to an aromatic ring is 1. The highest BCUT2D eigenvalue weighted by Gasteiger charge is 2.10. The average Bonchev–Trinajstić information content (AvgIpc) is 2.16. The number of nitrogens with zero attached hydrogens (tertiary/aromatic N) is 3. The Bertz CT molecular complexity index is 342. The molecule has 0 fully saturated rings. The molecule has 3 N–H and O–H groups in total. The standard InChI is InChI=1S/C10H19N5O/c1-5-16-10-14-8(11)13-9(15-10)12-7(4)6(2)3/h6-7H,5H2,1-4H3,(H3,11,12,13,14,15). The minimum absolute atomic E-state index is 0.164. The fraction of sp³-hybridized carbons (Fsp3) is 0.700.